The number of hydrogen-bond donors (Lipinski definition) is 1. The summed E-state index contributed by atoms with van der Waals surface area (Å²) in [5, 5.41) is 0. The zero-order valence-corrected chi connectivity index (χ0v) is 11.2. The molecule has 2 rings (SSSR count). The van der Waals surface area contributed by atoms with Gasteiger partial charge in [0.05, 0.1) is 0 Å². The Bertz CT molecular complexity index is 392. The average Bonchev–Trinajstić information content (AvgIpc) is 2.55. The molecule has 1 aromatic rings. The molecule has 0 spiro atoms. The lowest BCUT2D eigenvalue weighted by Gasteiger charge is -2.31. The van der Waals surface area contributed by atoms with Crippen LogP contribution in [-0.2, 0) is 6.42 Å². The summed E-state index contributed by atoms with van der Waals surface area (Å²) < 4.78 is 13.4. The second kappa shape index (κ2) is 6.19. The van der Waals surface area contributed by atoms with E-state index in [4.69, 9.17) is 5.73 Å². The van der Waals surface area contributed by atoms with E-state index in [-0.39, 0.29) is 5.82 Å². The average molecular weight is 250 g/mol. The van der Waals surface area contributed by atoms with Crippen LogP contribution in [0.5, 0.6) is 0 Å². The van der Waals surface area contributed by atoms with Gasteiger partial charge in [-0.05, 0) is 56.5 Å². The van der Waals surface area contributed by atoms with E-state index in [1.807, 2.05) is 6.07 Å². The number of nitrogens with two attached hydrogens (primary N) is 1. The second-order valence-corrected chi connectivity index (χ2v) is 5.20. The summed E-state index contributed by atoms with van der Waals surface area (Å²) in [7, 11) is 0. The molecule has 0 saturated carbocycles. The second-order valence-electron chi connectivity index (χ2n) is 5.20. The molecule has 3 heteroatoms. The van der Waals surface area contributed by atoms with Crippen LogP contribution >= 0.6 is 0 Å². The Hall–Kier alpha value is -1.09. The first kappa shape index (κ1) is 13.3. The fraction of sp³-hybridized carbons (Fsp3) is 0.600. The van der Waals surface area contributed by atoms with Gasteiger partial charge in [0.15, 0.2) is 0 Å². The summed E-state index contributed by atoms with van der Waals surface area (Å²) in [6.45, 7) is 3.91. The Labute approximate surface area is 109 Å². The van der Waals surface area contributed by atoms with Crippen molar-refractivity contribution in [2.45, 2.75) is 45.1 Å². The number of halogens is 1. The minimum atomic E-state index is -0.162. The maximum absolute atomic E-state index is 13.4. The highest BCUT2D eigenvalue weighted by Crippen LogP contribution is 2.28. The molecular formula is C15H23FN2. The highest BCUT2D eigenvalue weighted by molar-refractivity contribution is 5.55. The zero-order valence-electron chi connectivity index (χ0n) is 11.2. The first-order valence-electron chi connectivity index (χ1n) is 6.97. The summed E-state index contributed by atoms with van der Waals surface area (Å²) >= 11 is 0. The zero-order chi connectivity index (χ0) is 13.0. The molecule has 0 radical (unpaired) electrons. The molecule has 0 bridgehead atoms. The molecule has 1 heterocycles. The van der Waals surface area contributed by atoms with Crippen LogP contribution in [0.15, 0.2) is 18.2 Å². The molecule has 0 aromatic heterocycles. The van der Waals surface area contributed by atoms with Gasteiger partial charge < -0.3 is 10.6 Å². The van der Waals surface area contributed by atoms with Crippen molar-refractivity contribution in [1.82, 2.24) is 0 Å². The highest BCUT2D eigenvalue weighted by atomic mass is 19.1. The smallest absolute Gasteiger partial charge is 0.123 e. The first-order chi connectivity index (χ1) is 8.72. The van der Waals surface area contributed by atoms with Crippen LogP contribution in [0.25, 0.3) is 0 Å². The molecule has 1 saturated heterocycles. The molecule has 1 aliphatic rings. The van der Waals surface area contributed by atoms with E-state index in [1.165, 1.54) is 31.4 Å². The Morgan fingerprint density at radius 3 is 2.94 bits per heavy atom. The summed E-state index contributed by atoms with van der Waals surface area (Å²) in [5.41, 5.74) is 7.86. The maximum Gasteiger partial charge on any atom is 0.123 e. The van der Waals surface area contributed by atoms with Crippen molar-refractivity contribution in [3.8, 4) is 0 Å². The van der Waals surface area contributed by atoms with E-state index in [0.29, 0.717) is 12.6 Å². The molecule has 1 fully saturated rings. The van der Waals surface area contributed by atoms with Crippen LogP contribution in [0, 0.1) is 5.82 Å². The van der Waals surface area contributed by atoms with Crippen molar-refractivity contribution in [3.63, 3.8) is 0 Å². The van der Waals surface area contributed by atoms with Gasteiger partial charge in [0.2, 0.25) is 0 Å². The number of nitrogens with zero attached hydrogens (tertiary/aromatic N) is 1. The molecule has 2 N–H and O–H groups in total. The van der Waals surface area contributed by atoms with Crippen molar-refractivity contribution in [1.29, 1.82) is 0 Å². The van der Waals surface area contributed by atoms with Gasteiger partial charge in [0.25, 0.3) is 0 Å². The molecule has 1 aromatic carbocycles. The summed E-state index contributed by atoms with van der Waals surface area (Å²) in [6, 6.07) is 5.66. The summed E-state index contributed by atoms with van der Waals surface area (Å²) in [4.78, 5) is 2.43. The molecule has 100 valence electrons. The highest BCUT2D eigenvalue weighted by Gasteiger charge is 2.19. The number of rotatable bonds is 3. The van der Waals surface area contributed by atoms with E-state index in [9.17, 15) is 4.39 Å². The number of anilines is 1. The van der Waals surface area contributed by atoms with E-state index >= 15 is 0 Å². The Balaban J connectivity index is 2.29. The number of benzene rings is 1. The van der Waals surface area contributed by atoms with Gasteiger partial charge in [-0.1, -0.05) is 12.8 Å². The van der Waals surface area contributed by atoms with E-state index < -0.39 is 0 Å². The van der Waals surface area contributed by atoms with Gasteiger partial charge in [0.1, 0.15) is 5.82 Å². The van der Waals surface area contributed by atoms with Gasteiger partial charge in [-0.25, -0.2) is 4.39 Å². The van der Waals surface area contributed by atoms with Crippen LogP contribution in [0.1, 0.15) is 38.2 Å². The van der Waals surface area contributed by atoms with Crippen LogP contribution < -0.4 is 10.6 Å². The van der Waals surface area contributed by atoms with Crippen molar-refractivity contribution in [2.75, 3.05) is 18.0 Å². The summed E-state index contributed by atoms with van der Waals surface area (Å²) in [6.07, 6.45) is 5.79. The van der Waals surface area contributed by atoms with Crippen molar-refractivity contribution < 1.29 is 4.39 Å². The molecule has 1 aliphatic heterocycles. The van der Waals surface area contributed by atoms with Gasteiger partial charge in [-0.2, -0.15) is 0 Å². The molecular weight excluding hydrogens is 227 g/mol. The van der Waals surface area contributed by atoms with E-state index in [2.05, 4.69) is 11.8 Å². The minimum absolute atomic E-state index is 0.162. The molecule has 18 heavy (non-hydrogen) atoms. The maximum atomic E-state index is 13.4. The van der Waals surface area contributed by atoms with Crippen LogP contribution in [0.3, 0.4) is 0 Å². The van der Waals surface area contributed by atoms with Crippen molar-refractivity contribution in [2.24, 2.45) is 5.73 Å². The lowest BCUT2D eigenvalue weighted by atomic mass is 10.1. The fourth-order valence-corrected chi connectivity index (χ4v) is 2.82. The van der Waals surface area contributed by atoms with E-state index in [1.54, 1.807) is 12.1 Å². The third-order valence-corrected chi connectivity index (χ3v) is 3.82. The third-order valence-electron chi connectivity index (χ3n) is 3.82. The van der Waals surface area contributed by atoms with Gasteiger partial charge in [0, 0.05) is 18.3 Å². The van der Waals surface area contributed by atoms with E-state index in [0.717, 1.165) is 18.5 Å². The number of hydrogen-bond acceptors (Lipinski definition) is 2. The predicted octanol–water partition coefficient (Wildman–Crippen LogP) is 3.10. The van der Waals surface area contributed by atoms with Crippen molar-refractivity contribution >= 4 is 5.69 Å². The molecule has 1 unspecified atom stereocenters. The Morgan fingerprint density at radius 2 is 2.17 bits per heavy atom. The third kappa shape index (κ3) is 3.02. The van der Waals surface area contributed by atoms with Crippen LogP contribution in [0.4, 0.5) is 10.1 Å². The van der Waals surface area contributed by atoms with Gasteiger partial charge in [-0.15, -0.1) is 0 Å². The first-order valence-corrected chi connectivity index (χ1v) is 6.97. The predicted molar refractivity (Wildman–Crippen MR) is 74.4 cm³/mol. The molecule has 0 aliphatic carbocycles. The molecule has 0 amide bonds. The minimum Gasteiger partial charge on any atom is -0.369 e. The molecule has 1 atom stereocenters. The van der Waals surface area contributed by atoms with Crippen LogP contribution in [-0.4, -0.2) is 19.1 Å². The normalized spacial score (nSPS) is 20.8. The standard InChI is InChI=1S/C15H23FN2/c1-12-5-3-2-4-10-18(12)15-7-6-14(16)11-13(15)8-9-17/h6-7,11-12H,2-5,8-10,17H2,1H3. The quantitative estimate of drug-likeness (QED) is 0.893. The lowest BCUT2D eigenvalue weighted by molar-refractivity contribution is 0.607. The Morgan fingerprint density at radius 1 is 1.33 bits per heavy atom. The summed E-state index contributed by atoms with van der Waals surface area (Å²) in [5.74, 6) is -0.162. The van der Waals surface area contributed by atoms with Crippen LogP contribution in [0.2, 0.25) is 0 Å². The van der Waals surface area contributed by atoms with Gasteiger partial charge in [-0.3, -0.25) is 0 Å². The van der Waals surface area contributed by atoms with Crippen molar-refractivity contribution in [3.05, 3.63) is 29.6 Å². The largest absolute Gasteiger partial charge is 0.369 e. The topological polar surface area (TPSA) is 29.3 Å². The Kier molecular flexibility index (Phi) is 4.59. The SMILES string of the molecule is CC1CCCCCN1c1ccc(F)cc1CCN. The molecule has 2 nitrogen and oxygen atoms in total. The fourth-order valence-electron chi connectivity index (χ4n) is 2.82. The van der Waals surface area contributed by atoms with Gasteiger partial charge >= 0.3 is 0 Å². The lowest BCUT2D eigenvalue weighted by Crippen LogP contribution is -2.33. The monoisotopic (exact) mass is 250 g/mol.